The van der Waals surface area contributed by atoms with Crippen LogP contribution in [0.4, 0.5) is 5.69 Å². The number of pyridine rings is 1. The van der Waals surface area contributed by atoms with Gasteiger partial charge in [-0.1, -0.05) is 36.4 Å². The Balaban J connectivity index is 1.55. The minimum absolute atomic E-state index is 0.120. The number of Topliss-reactive ketones (excluding diaryl/α,β-unsaturated/α-hetero) is 1. The Morgan fingerprint density at radius 2 is 1.73 bits per heavy atom. The van der Waals surface area contributed by atoms with Gasteiger partial charge in [0.1, 0.15) is 18.1 Å². The summed E-state index contributed by atoms with van der Waals surface area (Å²) < 4.78 is 29.4. The molecule has 1 fully saturated rings. The summed E-state index contributed by atoms with van der Waals surface area (Å²) in [5, 5.41) is 16.6. The van der Waals surface area contributed by atoms with Crippen LogP contribution in [-0.2, 0) is 26.2 Å². The SMILES string of the molecule is Cc1cc(/C(O)=C2\C(=O)C(=O)N(c3ccc(S(N)(=O)=O)cc3)C2c2cccnc2)ccc1OCc1ccccc1. The molecule has 0 spiro atoms. The fourth-order valence-electron chi connectivity index (χ4n) is 4.60. The van der Waals surface area contributed by atoms with Crippen LogP contribution < -0.4 is 14.8 Å². The molecule has 5 rings (SSSR count). The Morgan fingerprint density at radius 1 is 1.00 bits per heavy atom. The minimum Gasteiger partial charge on any atom is -0.507 e. The molecule has 4 aromatic rings. The fraction of sp³-hybridized carbons (Fsp3) is 0.100. The number of aliphatic hydroxyl groups is 1. The first-order valence-electron chi connectivity index (χ1n) is 12.3. The normalized spacial score (nSPS) is 16.8. The van der Waals surface area contributed by atoms with Crippen molar-refractivity contribution in [1.82, 2.24) is 4.98 Å². The second kappa shape index (κ2) is 10.8. The Kier molecular flexibility index (Phi) is 7.20. The number of carbonyl (C=O) groups excluding carboxylic acids is 2. The fourth-order valence-corrected chi connectivity index (χ4v) is 5.11. The smallest absolute Gasteiger partial charge is 0.300 e. The first kappa shape index (κ1) is 26.8. The van der Waals surface area contributed by atoms with Crippen LogP contribution in [0.2, 0.25) is 0 Å². The maximum absolute atomic E-state index is 13.4. The van der Waals surface area contributed by atoms with E-state index in [1.54, 1.807) is 36.5 Å². The summed E-state index contributed by atoms with van der Waals surface area (Å²) in [5.41, 5.74) is 2.68. The van der Waals surface area contributed by atoms with E-state index in [0.29, 0.717) is 23.5 Å². The molecule has 3 aromatic carbocycles. The van der Waals surface area contributed by atoms with E-state index in [-0.39, 0.29) is 21.9 Å². The highest BCUT2D eigenvalue weighted by Gasteiger charge is 2.47. The number of nitrogens with two attached hydrogens (primary N) is 1. The van der Waals surface area contributed by atoms with Gasteiger partial charge in [0.2, 0.25) is 10.0 Å². The second-order valence-electron chi connectivity index (χ2n) is 9.25. The molecular formula is C30H25N3O6S. The minimum atomic E-state index is -3.96. The highest BCUT2D eigenvalue weighted by molar-refractivity contribution is 7.89. The Morgan fingerprint density at radius 3 is 2.35 bits per heavy atom. The Hall–Kier alpha value is -4.80. The van der Waals surface area contributed by atoms with E-state index in [1.807, 2.05) is 37.3 Å². The largest absolute Gasteiger partial charge is 0.507 e. The van der Waals surface area contributed by atoms with Crippen molar-refractivity contribution in [2.75, 3.05) is 4.90 Å². The van der Waals surface area contributed by atoms with Crippen molar-refractivity contribution in [2.45, 2.75) is 24.5 Å². The number of ether oxygens (including phenoxy) is 1. The predicted octanol–water partition coefficient (Wildman–Crippen LogP) is 4.24. The zero-order valence-electron chi connectivity index (χ0n) is 21.4. The van der Waals surface area contributed by atoms with Crippen LogP contribution in [-0.4, -0.2) is 30.2 Å². The number of ketones is 1. The average Bonchev–Trinajstić information content (AvgIpc) is 3.22. The first-order valence-corrected chi connectivity index (χ1v) is 13.8. The highest BCUT2D eigenvalue weighted by atomic mass is 32.2. The van der Waals surface area contributed by atoms with Gasteiger partial charge < -0.3 is 9.84 Å². The van der Waals surface area contributed by atoms with Crippen molar-refractivity contribution in [1.29, 1.82) is 0 Å². The van der Waals surface area contributed by atoms with E-state index in [2.05, 4.69) is 4.98 Å². The standard InChI is InChI=1S/C30H25N3O6S/c1-19-16-21(9-14-25(19)39-18-20-6-3-2-4-7-20)28(34)26-27(22-8-5-15-32-17-22)33(30(36)29(26)35)23-10-12-24(13-11-23)40(31,37)38/h2-17,27,34H,18H2,1H3,(H2,31,37,38)/b28-26+. The summed E-state index contributed by atoms with van der Waals surface area (Å²) in [6.45, 7) is 2.19. The lowest BCUT2D eigenvalue weighted by Gasteiger charge is -2.25. The van der Waals surface area contributed by atoms with Gasteiger partial charge in [-0.05, 0) is 72.1 Å². The molecular weight excluding hydrogens is 530 g/mol. The summed E-state index contributed by atoms with van der Waals surface area (Å²) >= 11 is 0. The molecule has 10 heteroatoms. The van der Waals surface area contributed by atoms with Crippen LogP contribution in [0, 0.1) is 6.92 Å². The number of anilines is 1. The number of primary sulfonamides is 1. The summed E-state index contributed by atoms with van der Waals surface area (Å²) in [5.74, 6) is -1.50. The molecule has 1 amide bonds. The number of aryl methyl sites for hydroxylation is 1. The molecule has 202 valence electrons. The van der Waals surface area contributed by atoms with Crippen molar-refractivity contribution in [3.8, 4) is 5.75 Å². The van der Waals surface area contributed by atoms with Gasteiger partial charge in [0.15, 0.2) is 0 Å². The van der Waals surface area contributed by atoms with Gasteiger partial charge in [-0.3, -0.25) is 19.5 Å². The molecule has 1 saturated heterocycles. The van der Waals surface area contributed by atoms with Crippen molar-refractivity contribution in [3.63, 3.8) is 0 Å². The molecule has 1 aromatic heterocycles. The number of amides is 1. The van der Waals surface area contributed by atoms with Crippen LogP contribution in [0.15, 0.2) is 108 Å². The topological polar surface area (TPSA) is 140 Å². The molecule has 9 nitrogen and oxygen atoms in total. The highest BCUT2D eigenvalue weighted by Crippen LogP contribution is 2.42. The van der Waals surface area contributed by atoms with Crippen molar-refractivity contribution in [2.24, 2.45) is 5.14 Å². The molecule has 1 aliphatic heterocycles. The lowest BCUT2D eigenvalue weighted by atomic mass is 9.95. The van der Waals surface area contributed by atoms with E-state index in [9.17, 15) is 23.1 Å². The lowest BCUT2D eigenvalue weighted by molar-refractivity contribution is -0.132. The number of benzene rings is 3. The van der Waals surface area contributed by atoms with Gasteiger partial charge >= 0.3 is 0 Å². The van der Waals surface area contributed by atoms with Crippen LogP contribution in [0.5, 0.6) is 5.75 Å². The number of aliphatic hydroxyl groups excluding tert-OH is 1. The molecule has 1 atom stereocenters. The second-order valence-corrected chi connectivity index (χ2v) is 10.8. The van der Waals surface area contributed by atoms with Crippen LogP contribution in [0.3, 0.4) is 0 Å². The molecule has 0 bridgehead atoms. The van der Waals surface area contributed by atoms with E-state index in [1.165, 1.54) is 35.4 Å². The maximum Gasteiger partial charge on any atom is 0.300 e. The van der Waals surface area contributed by atoms with Crippen molar-refractivity contribution < 1.29 is 27.9 Å². The molecule has 1 unspecified atom stereocenters. The molecule has 0 radical (unpaired) electrons. The monoisotopic (exact) mass is 555 g/mol. The summed E-state index contributed by atoms with van der Waals surface area (Å²) in [7, 11) is -3.96. The van der Waals surface area contributed by atoms with Crippen LogP contribution in [0.1, 0.15) is 28.3 Å². The molecule has 0 saturated carbocycles. The Labute approximate surface area is 231 Å². The predicted molar refractivity (Wildman–Crippen MR) is 149 cm³/mol. The quantitative estimate of drug-likeness (QED) is 0.197. The third-order valence-electron chi connectivity index (χ3n) is 6.57. The molecule has 3 N–H and O–H groups in total. The van der Waals surface area contributed by atoms with Crippen molar-refractivity contribution >= 4 is 33.2 Å². The van der Waals surface area contributed by atoms with E-state index < -0.39 is 27.8 Å². The van der Waals surface area contributed by atoms with Gasteiger partial charge in [-0.15, -0.1) is 0 Å². The third-order valence-corrected chi connectivity index (χ3v) is 7.50. The van der Waals surface area contributed by atoms with Gasteiger partial charge in [0, 0.05) is 23.6 Å². The van der Waals surface area contributed by atoms with Gasteiger partial charge in [-0.25, -0.2) is 13.6 Å². The van der Waals surface area contributed by atoms with Gasteiger partial charge in [0.05, 0.1) is 16.5 Å². The number of hydrogen-bond acceptors (Lipinski definition) is 7. The maximum atomic E-state index is 13.4. The number of rotatable bonds is 7. The third kappa shape index (κ3) is 5.22. The molecule has 0 aliphatic carbocycles. The molecule has 1 aliphatic rings. The van der Waals surface area contributed by atoms with E-state index >= 15 is 0 Å². The van der Waals surface area contributed by atoms with Crippen molar-refractivity contribution in [3.05, 3.63) is 125 Å². The van der Waals surface area contributed by atoms with Crippen LogP contribution >= 0.6 is 0 Å². The number of carbonyl (C=O) groups is 2. The zero-order chi connectivity index (χ0) is 28.4. The number of sulfonamides is 1. The number of aromatic nitrogens is 1. The van der Waals surface area contributed by atoms with Gasteiger partial charge in [-0.2, -0.15) is 0 Å². The summed E-state index contributed by atoms with van der Waals surface area (Å²) in [4.78, 5) is 31.9. The van der Waals surface area contributed by atoms with E-state index in [4.69, 9.17) is 9.88 Å². The molecule has 2 heterocycles. The number of nitrogens with zero attached hydrogens (tertiary/aromatic N) is 2. The Bertz CT molecular complexity index is 1720. The average molecular weight is 556 g/mol. The first-order chi connectivity index (χ1) is 19.1. The lowest BCUT2D eigenvalue weighted by Crippen LogP contribution is -2.29. The summed E-state index contributed by atoms with van der Waals surface area (Å²) in [6, 6.07) is 22.3. The number of hydrogen-bond donors (Lipinski definition) is 2. The zero-order valence-corrected chi connectivity index (χ0v) is 22.2. The van der Waals surface area contributed by atoms with Crippen LogP contribution in [0.25, 0.3) is 5.76 Å². The molecule has 40 heavy (non-hydrogen) atoms. The summed E-state index contributed by atoms with van der Waals surface area (Å²) in [6.07, 6.45) is 3.05. The van der Waals surface area contributed by atoms with Gasteiger partial charge in [0.25, 0.3) is 11.7 Å². The van der Waals surface area contributed by atoms with E-state index in [0.717, 1.165) is 11.1 Å².